The number of hydrogen-bond donors (Lipinski definition) is 2. The molecule has 11 heteroatoms. The van der Waals surface area contributed by atoms with Crippen molar-refractivity contribution in [2.75, 3.05) is 16.6 Å². The fourth-order valence-corrected chi connectivity index (χ4v) is 5.33. The van der Waals surface area contributed by atoms with Gasteiger partial charge in [-0.15, -0.1) is 11.3 Å². The van der Waals surface area contributed by atoms with Crippen LogP contribution < -0.4 is 14.8 Å². The standard InChI is InChI=1S/C21H23N5O4S2/c1-3-30-19-11-22-10-17(24-19)14-4-6-15(7-5-14)23-20(27)13(2)18-12-31-21(25-18)26-32(28,29)16-8-9-16/h4-7,10-13,16H,3,8-9H2,1-2H3,(H,23,27)(H,25,26). The predicted octanol–water partition coefficient (Wildman–Crippen LogP) is 3.65. The Morgan fingerprint density at radius 1 is 1.22 bits per heavy atom. The van der Waals surface area contributed by atoms with Crippen LogP contribution in [-0.4, -0.2) is 41.1 Å². The van der Waals surface area contributed by atoms with E-state index in [1.54, 1.807) is 36.8 Å². The van der Waals surface area contributed by atoms with Crippen LogP contribution in [0.2, 0.25) is 0 Å². The third-order valence-electron chi connectivity index (χ3n) is 4.90. The van der Waals surface area contributed by atoms with Crippen molar-refractivity contribution in [3.63, 3.8) is 0 Å². The SMILES string of the molecule is CCOc1cncc(-c2ccc(NC(=O)C(C)c3csc(NS(=O)(=O)C4CC4)n3)cc2)n1. The first kappa shape index (κ1) is 22.2. The van der Waals surface area contributed by atoms with Crippen LogP contribution in [0.5, 0.6) is 5.88 Å². The monoisotopic (exact) mass is 473 g/mol. The molecule has 1 amide bonds. The number of nitrogens with zero attached hydrogens (tertiary/aromatic N) is 3. The molecule has 3 aromatic rings. The minimum absolute atomic E-state index is 0.238. The Labute approximate surface area is 190 Å². The van der Waals surface area contributed by atoms with Crippen LogP contribution in [0.4, 0.5) is 10.8 Å². The van der Waals surface area contributed by atoms with Gasteiger partial charge in [-0.2, -0.15) is 0 Å². The lowest BCUT2D eigenvalue weighted by Gasteiger charge is -2.11. The molecule has 4 rings (SSSR count). The van der Waals surface area contributed by atoms with Gasteiger partial charge in [0.2, 0.25) is 21.8 Å². The van der Waals surface area contributed by atoms with E-state index in [9.17, 15) is 13.2 Å². The van der Waals surface area contributed by atoms with Crippen molar-refractivity contribution in [1.29, 1.82) is 0 Å². The first-order valence-electron chi connectivity index (χ1n) is 10.2. The van der Waals surface area contributed by atoms with Crippen molar-refractivity contribution in [2.45, 2.75) is 37.9 Å². The number of nitrogens with one attached hydrogen (secondary N) is 2. The minimum Gasteiger partial charge on any atom is -0.477 e. The molecule has 1 aromatic carbocycles. The average Bonchev–Trinajstić information content (AvgIpc) is 3.55. The Kier molecular flexibility index (Phi) is 6.38. The van der Waals surface area contributed by atoms with Gasteiger partial charge in [-0.1, -0.05) is 12.1 Å². The second-order valence-corrected chi connectivity index (χ2v) is 10.2. The number of hydrogen-bond acceptors (Lipinski definition) is 8. The maximum atomic E-state index is 12.7. The summed E-state index contributed by atoms with van der Waals surface area (Å²) in [7, 11) is -3.37. The lowest BCUT2D eigenvalue weighted by atomic mass is 10.1. The van der Waals surface area contributed by atoms with Crippen molar-refractivity contribution in [2.24, 2.45) is 0 Å². The summed E-state index contributed by atoms with van der Waals surface area (Å²) >= 11 is 1.17. The highest BCUT2D eigenvalue weighted by atomic mass is 32.2. The first-order valence-corrected chi connectivity index (χ1v) is 12.6. The van der Waals surface area contributed by atoms with E-state index >= 15 is 0 Å². The molecule has 2 N–H and O–H groups in total. The van der Waals surface area contributed by atoms with Crippen LogP contribution >= 0.6 is 11.3 Å². The van der Waals surface area contributed by atoms with Gasteiger partial charge >= 0.3 is 0 Å². The number of aromatic nitrogens is 3. The predicted molar refractivity (Wildman–Crippen MR) is 123 cm³/mol. The zero-order valence-electron chi connectivity index (χ0n) is 17.6. The van der Waals surface area contributed by atoms with Crippen molar-refractivity contribution >= 4 is 38.1 Å². The molecular weight excluding hydrogens is 450 g/mol. The molecule has 0 bridgehead atoms. The Bertz CT molecular complexity index is 1210. The number of amides is 1. The molecule has 0 spiro atoms. The van der Waals surface area contributed by atoms with E-state index < -0.39 is 15.9 Å². The molecule has 1 aliphatic rings. The maximum Gasteiger partial charge on any atom is 0.237 e. The molecule has 168 valence electrons. The van der Waals surface area contributed by atoms with Crippen molar-refractivity contribution < 1.29 is 17.9 Å². The quantitative estimate of drug-likeness (QED) is 0.486. The molecule has 0 radical (unpaired) electrons. The largest absolute Gasteiger partial charge is 0.477 e. The molecular formula is C21H23N5O4S2. The number of carbonyl (C=O) groups excluding carboxylic acids is 1. The molecule has 1 unspecified atom stereocenters. The first-order chi connectivity index (χ1) is 15.4. The summed E-state index contributed by atoms with van der Waals surface area (Å²) in [5.74, 6) is -0.324. The van der Waals surface area contributed by atoms with Crippen molar-refractivity contribution in [1.82, 2.24) is 15.0 Å². The van der Waals surface area contributed by atoms with Crippen LogP contribution in [0, 0.1) is 0 Å². The second-order valence-electron chi connectivity index (χ2n) is 7.39. The molecule has 9 nitrogen and oxygen atoms in total. The van der Waals surface area contributed by atoms with Gasteiger partial charge in [-0.3, -0.25) is 14.5 Å². The fourth-order valence-electron chi connectivity index (χ4n) is 2.93. The third-order valence-corrected chi connectivity index (χ3v) is 7.64. The Balaban J connectivity index is 1.39. The lowest BCUT2D eigenvalue weighted by Crippen LogP contribution is -2.20. The molecule has 2 heterocycles. The zero-order chi connectivity index (χ0) is 22.7. The third kappa shape index (κ3) is 5.22. The molecule has 0 saturated heterocycles. The van der Waals surface area contributed by atoms with E-state index in [4.69, 9.17) is 4.74 Å². The number of ether oxygens (including phenoxy) is 1. The zero-order valence-corrected chi connectivity index (χ0v) is 19.2. The number of carbonyl (C=O) groups is 1. The lowest BCUT2D eigenvalue weighted by molar-refractivity contribution is -0.117. The highest BCUT2D eigenvalue weighted by Crippen LogP contribution is 2.31. The average molecular weight is 474 g/mol. The van der Waals surface area contributed by atoms with Gasteiger partial charge in [0.1, 0.15) is 0 Å². The minimum atomic E-state index is -3.37. The topological polar surface area (TPSA) is 123 Å². The summed E-state index contributed by atoms with van der Waals surface area (Å²) in [6.45, 7) is 4.12. The molecule has 32 heavy (non-hydrogen) atoms. The smallest absolute Gasteiger partial charge is 0.237 e. The van der Waals surface area contributed by atoms with Crippen LogP contribution in [-0.2, 0) is 14.8 Å². The van der Waals surface area contributed by atoms with Gasteiger partial charge in [0.15, 0.2) is 5.13 Å². The van der Waals surface area contributed by atoms with Crippen LogP contribution in [0.25, 0.3) is 11.3 Å². The van der Waals surface area contributed by atoms with Gasteiger partial charge in [-0.05, 0) is 38.8 Å². The van der Waals surface area contributed by atoms with E-state index in [-0.39, 0.29) is 16.3 Å². The molecule has 0 aliphatic heterocycles. The van der Waals surface area contributed by atoms with E-state index in [1.165, 1.54) is 11.3 Å². The van der Waals surface area contributed by atoms with E-state index in [1.807, 2.05) is 19.1 Å². The fraction of sp³-hybridized carbons (Fsp3) is 0.333. The van der Waals surface area contributed by atoms with Gasteiger partial charge in [0.25, 0.3) is 0 Å². The normalized spacial score (nSPS) is 14.6. The van der Waals surface area contributed by atoms with E-state index in [0.29, 0.717) is 42.4 Å². The Morgan fingerprint density at radius 3 is 2.66 bits per heavy atom. The van der Waals surface area contributed by atoms with Gasteiger partial charge < -0.3 is 10.1 Å². The maximum absolute atomic E-state index is 12.7. The van der Waals surface area contributed by atoms with E-state index in [0.717, 1.165) is 5.56 Å². The van der Waals surface area contributed by atoms with Crippen molar-refractivity contribution in [3.05, 3.63) is 47.7 Å². The van der Waals surface area contributed by atoms with Crippen LogP contribution in [0.1, 0.15) is 38.3 Å². The number of sulfonamides is 1. The second kappa shape index (κ2) is 9.21. The van der Waals surface area contributed by atoms with Crippen LogP contribution in [0.15, 0.2) is 42.0 Å². The summed E-state index contributed by atoms with van der Waals surface area (Å²) in [4.78, 5) is 25.5. The highest BCUT2D eigenvalue weighted by molar-refractivity contribution is 7.93. The van der Waals surface area contributed by atoms with Gasteiger partial charge in [-0.25, -0.2) is 18.4 Å². The summed E-state index contributed by atoms with van der Waals surface area (Å²) in [6, 6.07) is 7.25. The Morgan fingerprint density at radius 2 is 1.97 bits per heavy atom. The summed E-state index contributed by atoms with van der Waals surface area (Å²) in [5, 5.41) is 4.52. The number of rotatable bonds is 9. The summed E-state index contributed by atoms with van der Waals surface area (Å²) in [6.07, 6.45) is 4.56. The van der Waals surface area contributed by atoms with Crippen LogP contribution in [0.3, 0.4) is 0 Å². The molecule has 1 aliphatic carbocycles. The van der Waals surface area contributed by atoms with Gasteiger partial charge in [0.05, 0.1) is 41.6 Å². The molecule has 1 fully saturated rings. The van der Waals surface area contributed by atoms with Crippen molar-refractivity contribution in [3.8, 4) is 17.1 Å². The molecule has 2 aromatic heterocycles. The van der Waals surface area contributed by atoms with Gasteiger partial charge in [0, 0.05) is 16.6 Å². The molecule has 1 atom stereocenters. The summed E-state index contributed by atoms with van der Waals surface area (Å²) < 4.78 is 32.0. The number of anilines is 2. The molecule has 1 saturated carbocycles. The highest BCUT2D eigenvalue weighted by Gasteiger charge is 2.36. The van der Waals surface area contributed by atoms with E-state index in [2.05, 4.69) is 25.0 Å². The Hall–Kier alpha value is -3.05. The number of thiazole rings is 1. The number of benzene rings is 1. The summed E-state index contributed by atoms with van der Waals surface area (Å²) in [5.41, 5.74) is 2.66.